The maximum Gasteiger partial charge on any atom is 0.361 e. The van der Waals surface area contributed by atoms with Gasteiger partial charge in [-0.05, 0) is 31.6 Å². The van der Waals surface area contributed by atoms with Crippen LogP contribution >= 0.6 is 0 Å². The van der Waals surface area contributed by atoms with E-state index in [4.69, 9.17) is 0 Å². The van der Waals surface area contributed by atoms with Crippen molar-refractivity contribution < 1.29 is 9.90 Å². The molecule has 0 rings (SSSR count). The number of unbranched alkanes of at least 4 members (excludes halogenated alkanes) is 15. The lowest BCUT2D eigenvalue weighted by atomic mass is 9.65. The summed E-state index contributed by atoms with van der Waals surface area (Å²) in [4.78, 5) is 12.7. The summed E-state index contributed by atoms with van der Waals surface area (Å²) in [6.07, 6.45) is 27.3. The Hall–Kier alpha value is -0.530. The van der Waals surface area contributed by atoms with Crippen LogP contribution < -0.4 is 0 Å². The second-order valence-corrected chi connectivity index (χ2v) is 10.5. The molecule has 0 aromatic heterocycles. The molecule has 1 unspecified atom stereocenters. The fourth-order valence-electron chi connectivity index (χ4n) is 5.56. The smallest absolute Gasteiger partial charge is 0.247 e. The molecule has 0 saturated carbocycles. The predicted molar refractivity (Wildman–Crippen MR) is 141 cm³/mol. The van der Waals surface area contributed by atoms with Gasteiger partial charge in [0, 0.05) is 0 Å². The van der Waals surface area contributed by atoms with Crippen LogP contribution in [-0.2, 0) is 9.90 Å². The SMILES string of the molecule is CCCCCCCCC(CCC)C(CCCCCCCC)(CCCCCCCC)C([O])=O. The van der Waals surface area contributed by atoms with Crippen LogP contribution in [0.2, 0.25) is 0 Å². The van der Waals surface area contributed by atoms with E-state index in [1.165, 1.54) is 103 Å². The first kappa shape index (κ1) is 31.5. The van der Waals surface area contributed by atoms with Crippen LogP contribution in [0.15, 0.2) is 0 Å². The molecule has 0 aliphatic carbocycles. The van der Waals surface area contributed by atoms with Crippen molar-refractivity contribution in [2.45, 2.75) is 175 Å². The molecule has 0 heterocycles. The van der Waals surface area contributed by atoms with Gasteiger partial charge in [0.05, 0.1) is 5.41 Å². The number of hydrogen-bond donors (Lipinski definition) is 0. The van der Waals surface area contributed by atoms with E-state index in [1.54, 1.807) is 0 Å². The Kier molecular flexibility index (Phi) is 21.9. The third-order valence-corrected chi connectivity index (χ3v) is 7.68. The molecule has 0 aliphatic rings. The third kappa shape index (κ3) is 14.6. The third-order valence-electron chi connectivity index (χ3n) is 7.68. The lowest BCUT2D eigenvalue weighted by molar-refractivity contribution is -0.162. The van der Waals surface area contributed by atoms with E-state index in [2.05, 4.69) is 27.7 Å². The summed E-state index contributed by atoms with van der Waals surface area (Å²) in [5.41, 5.74) is -0.588. The van der Waals surface area contributed by atoms with Gasteiger partial charge in [-0.3, -0.25) is 0 Å². The number of hydrogen-bond acceptors (Lipinski definition) is 1. The minimum atomic E-state index is -0.732. The van der Waals surface area contributed by atoms with Crippen molar-refractivity contribution in [2.75, 3.05) is 0 Å². The van der Waals surface area contributed by atoms with E-state index in [1.807, 2.05) is 0 Å². The molecule has 0 aromatic carbocycles. The van der Waals surface area contributed by atoms with Gasteiger partial charge in [0.25, 0.3) is 0 Å². The molecule has 2 nitrogen and oxygen atoms in total. The number of carbonyl (C=O) groups is 1. The Labute approximate surface area is 202 Å². The van der Waals surface area contributed by atoms with Gasteiger partial charge in [-0.15, -0.1) is 0 Å². The molecule has 32 heavy (non-hydrogen) atoms. The standard InChI is InChI=1S/C30H59O2/c1-5-9-12-15-18-21-25-28(24-8-4)30(29(31)32,26-22-19-16-13-10-6-2)27-23-20-17-14-11-7-3/h28H,5-27H2,1-4H3. The van der Waals surface area contributed by atoms with Gasteiger partial charge in [0.15, 0.2) is 0 Å². The summed E-state index contributed by atoms with van der Waals surface area (Å²) in [6, 6.07) is 0. The lowest BCUT2D eigenvalue weighted by Gasteiger charge is -2.37. The fraction of sp³-hybridized carbons (Fsp3) is 0.967. The molecule has 2 heteroatoms. The van der Waals surface area contributed by atoms with E-state index < -0.39 is 11.4 Å². The summed E-state index contributed by atoms with van der Waals surface area (Å²) >= 11 is 0. The molecule has 0 aromatic rings. The van der Waals surface area contributed by atoms with Crippen molar-refractivity contribution in [1.82, 2.24) is 0 Å². The lowest BCUT2D eigenvalue weighted by Crippen LogP contribution is -2.38. The van der Waals surface area contributed by atoms with Gasteiger partial charge in [0.1, 0.15) is 0 Å². The molecule has 0 amide bonds. The Morgan fingerprint density at radius 1 is 0.500 bits per heavy atom. The van der Waals surface area contributed by atoms with Crippen LogP contribution in [0.3, 0.4) is 0 Å². The van der Waals surface area contributed by atoms with Crippen LogP contribution in [0, 0.1) is 11.3 Å². The summed E-state index contributed by atoms with van der Waals surface area (Å²) < 4.78 is 0. The zero-order chi connectivity index (χ0) is 23.9. The van der Waals surface area contributed by atoms with E-state index in [-0.39, 0.29) is 0 Å². The molecule has 0 spiro atoms. The molecule has 0 bridgehead atoms. The van der Waals surface area contributed by atoms with Crippen molar-refractivity contribution >= 4 is 5.97 Å². The first-order valence-corrected chi connectivity index (χ1v) is 14.8. The zero-order valence-electron chi connectivity index (χ0n) is 22.7. The van der Waals surface area contributed by atoms with Crippen LogP contribution in [0.4, 0.5) is 0 Å². The quantitative estimate of drug-likeness (QED) is 0.127. The van der Waals surface area contributed by atoms with Crippen molar-refractivity contribution in [2.24, 2.45) is 11.3 Å². The zero-order valence-corrected chi connectivity index (χ0v) is 22.7. The maximum absolute atomic E-state index is 12.7. The average Bonchev–Trinajstić information content (AvgIpc) is 2.78. The Morgan fingerprint density at radius 3 is 1.25 bits per heavy atom. The van der Waals surface area contributed by atoms with Gasteiger partial charge >= 0.3 is 5.97 Å². The van der Waals surface area contributed by atoms with Crippen molar-refractivity contribution in [3.8, 4) is 0 Å². The minimum Gasteiger partial charge on any atom is -0.247 e. The highest BCUT2D eigenvalue weighted by Gasteiger charge is 2.45. The normalized spacial score (nSPS) is 12.9. The highest BCUT2D eigenvalue weighted by Crippen LogP contribution is 2.44. The molecule has 1 radical (unpaired) electrons. The van der Waals surface area contributed by atoms with Gasteiger partial charge in [-0.1, -0.05) is 150 Å². The summed E-state index contributed by atoms with van der Waals surface area (Å²) in [5.74, 6) is -0.431. The molecule has 191 valence electrons. The van der Waals surface area contributed by atoms with Crippen molar-refractivity contribution in [3.05, 3.63) is 0 Å². The molecule has 0 N–H and O–H groups in total. The Morgan fingerprint density at radius 2 is 0.875 bits per heavy atom. The number of carbonyl (C=O) groups excluding carboxylic acids is 1. The number of rotatable bonds is 25. The molecular formula is C30H59O2. The molecule has 1 atom stereocenters. The second-order valence-electron chi connectivity index (χ2n) is 10.5. The van der Waals surface area contributed by atoms with E-state index in [9.17, 15) is 9.90 Å². The average molecular weight is 452 g/mol. The van der Waals surface area contributed by atoms with E-state index in [0.717, 1.165) is 44.9 Å². The molecule has 0 saturated heterocycles. The van der Waals surface area contributed by atoms with Crippen LogP contribution in [0.1, 0.15) is 175 Å². The minimum absolute atomic E-state index is 0.301. The topological polar surface area (TPSA) is 37.0 Å². The fourth-order valence-corrected chi connectivity index (χ4v) is 5.56. The molecule has 0 aliphatic heterocycles. The Bertz CT molecular complexity index is 388. The predicted octanol–water partition coefficient (Wildman–Crippen LogP) is 10.6. The van der Waals surface area contributed by atoms with Crippen LogP contribution in [-0.4, -0.2) is 5.97 Å². The van der Waals surface area contributed by atoms with Gasteiger partial charge in [0.2, 0.25) is 0 Å². The highest BCUT2D eigenvalue weighted by atomic mass is 16.4. The largest absolute Gasteiger partial charge is 0.361 e. The van der Waals surface area contributed by atoms with Crippen LogP contribution in [0.5, 0.6) is 0 Å². The first-order chi connectivity index (χ1) is 15.6. The van der Waals surface area contributed by atoms with E-state index in [0.29, 0.717) is 5.92 Å². The Balaban J connectivity index is 5.04. The van der Waals surface area contributed by atoms with E-state index >= 15 is 0 Å². The summed E-state index contributed by atoms with van der Waals surface area (Å²) in [6.45, 7) is 8.98. The first-order valence-electron chi connectivity index (χ1n) is 14.8. The highest BCUT2D eigenvalue weighted by molar-refractivity contribution is 5.74. The van der Waals surface area contributed by atoms with Gasteiger partial charge in [-0.2, -0.15) is 0 Å². The van der Waals surface area contributed by atoms with Gasteiger partial charge in [-0.25, -0.2) is 9.90 Å². The van der Waals surface area contributed by atoms with Crippen molar-refractivity contribution in [1.29, 1.82) is 0 Å². The second kappa shape index (κ2) is 22.3. The van der Waals surface area contributed by atoms with Gasteiger partial charge < -0.3 is 0 Å². The molecular weight excluding hydrogens is 392 g/mol. The summed E-state index contributed by atoms with van der Waals surface area (Å²) in [5, 5.41) is 12.7. The van der Waals surface area contributed by atoms with Crippen molar-refractivity contribution in [3.63, 3.8) is 0 Å². The molecule has 0 fully saturated rings. The summed E-state index contributed by atoms with van der Waals surface area (Å²) in [7, 11) is 0. The van der Waals surface area contributed by atoms with Crippen LogP contribution in [0.25, 0.3) is 0 Å². The maximum atomic E-state index is 12.7. The monoisotopic (exact) mass is 451 g/mol.